The molecule has 3 heteroatoms. The maximum Gasteiger partial charge on any atom is 0.186 e. The highest BCUT2D eigenvalue weighted by atomic mass is 32.1. The molecule has 0 amide bonds. The van der Waals surface area contributed by atoms with E-state index in [1.807, 2.05) is 11.3 Å². The van der Waals surface area contributed by atoms with E-state index in [4.69, 9.17) is 4.98 Å². The fourth-order valence-electron chi connectivity index (χ4n) is 4.26. The van der Waals surface area contributed by atoms with Gasteiger partial charge in [0.1, 0.15) is 0 Å². The van der Waals surface area contributed by atoms with Gasteiger partial charge in [-0.2, -0.15) is 0 Å². The molecule has 1 aliphatic rings. The summed E-state index contributed by atoms with van der Waals surface area (Å²) in [5.74, 6) is 1.04. The van der Waals surface area contributed by atoms with Crippen LogP contribution in [0, 0.1) is 0 Å². The van der Waals surface area contributed by atoms with E-state index in [1.165, 1.54) is 15.8 Å². The molecule has 0 bridgehead atoms. The summed E-state index contributed by atoms with van der Waals surface area (Å²) in [7, 11) is 0. The Morgan fingerprint density at radius 2 is 1.37 bits per heavy atom. The molecule has 27 heavy (non-hydrogen) atoms. The molecule has 1 fully saturated rings. The van der Waals surface area contributed by atoms with Gasteiger partial charge in [-0.05, 0) is 35.6 Å². The van der Waals surface area contributed by atoms with E-state index in [2.05, 4.69) is 89.8 Å². The van der Waals surface area contributed by atoms with E-state index in [1.54, 1.807) is 0 Å². The molecule has 0 spiro atoms. The van der Waals surface area contributed by atoms with E-state index in [0.29, 0.717) is 11.8 Å². The summed E-state index contributed by atoms with van der Waals surface area (Å²) in [6.07, 6.45) is 1.15. The minimum Gasteiger partial charge on any atom is -0.347 e. The van der Waals surface area contributed by atoms with Crippen LogP contribution in [-0.4, -0.2) is 18.1 Å². The topological polar surface area (TPSA) is 16.1 Å². The summed E-state index contributed by atoms with van der Waals surface area (Å²) in [5.41, 5.74) is 3.99. The van der Waals surface area contributed by atoms with Gasteiger partial charge in [-0.25, -0.2) is 4.98 Å². The molecule has 0 saturated carbocycles. The molecular weight excluding hydrogens is 348 g/mol. The van der Waals surface area contributed by atoms with Gasteiger partial charge in [-0.15, -0.1) is 0 Å². The summed E-state index contributed by atoms with van der Waals surface area (Å²) in [4.78, 5) is 7.39. The lowest BCUT2D eigenvalue weighted by Gasteiger charge is -2.39. The zero-order valence-electron chi connectivity index (χ0n) is 15.2. The summed E-state index contributed by atoms with van der Waals surface area (Å²) in [6.45, 7) is 2.08. The van der Waals surface area contributed by atoms with Crippen molar-refractivity contribution in [1.82, 2.24) is 4.98 Å². The van der Waals surface area contributed by atoms with Gasteiger partial charge in [0.25, 0.3) is 0 Å². The molecule has 3 aromatic carbocycles. The first-order chi connectivity index (χ1) is 13.4. The number of benzene rings is 3. The van der Waals surface area contributed by atoms with E-state index in [9.17, 15) is 0 Å². The molecule has 1 aliphatic heterocycles. The molecule has 1 aromatic heterocycles. The Bertz CT molecular complexity index is 993. The number of hydrogen-bond acceptors (Lipinski definition) is 3. The molecule has 2 unspecified atom stereocenters. The van der Waals surface area contributed by atoms with Crippen LogP contribution in [0.5, 0.6) is 0 Å². The van der Waals surface area contributed by atoms with Crippen LogP contribution in [0.15, 0.2) is 84.9 Å². The molecule has 134 valence electrons. The van der Waals surface area contributed by atoms with Crippen LogP contribution < -0.4 is 4.90 Å². The second kappa shape index (κ2) is 7.16. The van der Waals surface area contributed by atoms with E-state index in [-0.39, 0.29) is 0 Å². The van der Waals surface area contributed by atoms with Gasteiger partial charge < -0.3 is 4.90 Å². The Balaban J connectivity index is 1.49. The molecule has 0 radical (unpaired) electrons. The summed E-state index contributed by atoms with van der Waals surface area (Å²) >= 11 is 1.81. The number of aromatic nitrogens is 1. The zero-order chi connectivity index (χ0) is 18.1. The molecule has 1 saturated heterocycles. The average Bonchev–Trinajstić information content (AvgIpc) is 3.19. The number of rotatable bonds is 3. The molecule has 2 heterocycles. The largest absolute Gasteiger partial charge is 0.347 e. The summed E-state index contributed by atoms with van der Waals surface area (Å²) in [5, 5.41) is 1.16. The van der Waals surface area contributed by atoms with Gasteiger partial charge in [-0.3, -0.25) is 0 Å². The van der Waals surface area contributed by atoms with Crippen molar-refractivity contribution in [3.63, 3.8) is 0 Å². The first-order valence-electron chi connectivity index (χ1n) is 9.59. The smallest absolute Gasteiger partial charge is 0.186 e. The van der Waals surface area contributed by atoms with Crippen molar-refractivity contribution in [2.45, 2.75) is 18.3 Å². The highest BCUT2D eigenvalue weighted by molar-refractivity contribution is 7.22. The number of anilines is 1. The van der Waals surface area contributed by atoms with Crippen LogP contribution in [-0.2, 0) is 0 Å². The van der Waals surface area contributed by atoms with E-state index in [0.717, 1.165) is 30.2 Å². The predicted octanol–water partition coefficient (Wildman–Crippen LogP) is 6.07. The van der Waals surface area contributed by atoms with Crippen molar-refractivity contribution in [1.29, 1.82) is 0 Å². The first-order valence-corrected chi connectivity index (χ1v) is 10.4. The molecule has 0 aliphatic carbocycles. The maximum absolute atomic E-state index is 4.91. The first kappa shape index (κ1) is 16.5. The number of thiazole rings is 1. The average molecular weight is 371 g/mol. The number of fused-ring (bicyclic) bond motifs is 1. The number of hydrogen-bond donors (Lipinski definition) is 0. The minimum atomic E-state index is 0.481. The van der Waals surface area contributed by atoms with Crippen molar-refractivity contribution in [3.8, 4) is 0 Å². The standard InChI is InChI=1S/C24H22N2S/c1-3-9-18(10-4-1)20-15-16-26(17-21(20)19-11-5-2-6-12-19)24-25-22-13-7-8-14-23(22)27-24/h1-14,20-21H,15-17H2. The van der Waals surface area contributed by atoms with Gasteiger partial charge in [0.2, 0.25) is 0 Å². The molecular formula is C24H22N2S. The second-order valence-electron chi connectivity index (χ2n) is 7.23. The molecule has 2 nitrogen and oxygen atoms in total. The van der Waals surface area contributed by atoms with Gasteiger partial charge in [0.05, 0.1) is 10.2 Å². The minimum absolute atomic E-state index is 0.481. The third-order valence-electron chi connectivity index (χ3n) is 5.62. The number of piperidine rings is 1. The second-order valence-corrected chi connectivity index (χ2v) is 8.24. The molecule has 0 N–H and O–H groups in total. The fourth-order valence-corrected chi connectivity index (χ4v) is 5.26. The van der Waals surface area contributed by atoms with Crippen LogP contribution in [0.1, 0.15) is 29.4 Å². The third-order valence-corrected chi connectivity index (χ3v) is 6.72. The predicted molar refractivity (Wildman–Crippen MR) is 115 cm³/mol. The fraction of sp³-hybridized carbons (Fsp3) is 0.208. The Labute approximate surface area is 164 Å². The lowest BCUT2D eigenvalue weighted by Crippen LogP contribution is -2.38. The Kier molecular flexibility index (Phi) is 4.38. The highest BCUT2D eigenvalue weighted by Gasteiger charge is 2.32. The van der Waals surface area contributed by atoms with E-state index >= 15 is 0 Å². The lowest BCUT2D eigenvalue weighted by atomic mass is 9.77. The lowest BCUT2D eigenvalue weighted by molar-refractivity contribution is 0.443. The van der Waals surface area contributed by atoms with Crippen molar-refractivity contribution in [3.05, 3.63) is 96.1 Å². The molecule has 4 aromatic rings. The van der Waals surface area contributed by atoms with Crippen molar-refractivity contribution in [2.24, 2.45) is 0 Å². The highest BCUT2D eigenvalue weighted by Crippen LogP contribution is 2.42. The normalized spacial score (nSPS) is 20.1. The quantitative estimate of drug-likeness (QED) is 0.435. The van der Waals surface area contributed by atoms with Gasteiger partial charge in [0, 0.05) is 19.0 Å². The van der Waals surface area contributed by atoms with Crippen molar-refractivity contribution >= 4 is 26.7 Å². The zero-order valence-corrected chi connectivity index (χ0v) is 16.0. The monoisotopic (exact) mass is 370 g/mol. The summed E-state index contributed by atoms with van der Waals surface area (Å²) in [6, 6.07) is 30.4. The Morgan fingerprint density at radius 1 is 0.741 bits per heavy atom. The van der Waals surface area contributed by atoms with Crippen LogP contribution in [0.25, 0.3) is 10.2 Å². The molecule has 2 atom stereocenters. The Hall–Kier alpha value is -2.65. The van der Waals surface area contributed by atoms with E-state index < -0.39 is 0 Å². The molecule has 5 rings (SSSR count). The van der Waals surface area contributed by atoms with Gasteiger partial charge in [0.15, 0.2) is 5.13 Å². The van der Waals surface area contributed by atoms with Crippen LogP contribution >= 0.6 is 11.3 Å². The van der Waals surface area contributed by atoms with Crippen LogP contribution in [0.2, 0.25) is 0 Å². The van der Waals surface area contributed by atoms with Gasteiger partial charge in [-0.1, -0.05) is 84.1 Å². The van der Waals surface area contributed by atoms with Crippen molar-refractivity contribution in [2.75, 3.05) is 18.0 Å². The van der Waals surface area contributed by atoms with Crippen molar-refractivity contribution < 1.29 is 0 Å². The third kappa shape index (κ3) is 3.24. The van der Waals surface area contributed by atoms with Gasteiger partial charge >= 0.3 is 0 Å². The number of nitrogens with zero attached hydrogens (tertiary/aromatic N) is 2. The van der Waals surface area contributed by atoms with Crippen LogP contribution in [0.4, 0.5) is 5.13 Å². The van der Waals surface area contributed by atoms with Crippen LogP contribution in [0.3, 0.4) is 0 Å². The SMILES string of the molecule is c1ccc(C2CCN(c3nc4ccccc4s3)CC2c2ccccc2)cc1. The maximum atomic E-state index is 4.91. The summed E-state index contributed by atoms with van der Waals surface area (Å²) < 4.78 is 1.27. The number of para-hydroxylation sites is 1. The Morgan fingerprint density at radius 3 is 2.07 bits per heavy atom.